The van der Waals surface area contributed by atoms with E-state index in [1.54, 1.807) is 0 Å². The van der Waals surface area contributed by atoms with Crippen LogP contribution in [0.2, 0.25) is 0 Å². The molecule has 0 aromatic heterocycles. The predicted molar refractivity (Wildman–Crippen MR) is 138 cm³/mol. The van der Waals surface area contributed by atoms with Gasteiger partial charge in [0, 0.05) is 24.2 Å². The lowest BCUT2D eigenvalue weighted by Gasteiger charge is -2.29. The van der Waals surface area contributed by atoms with Gasteiger partial charge in [0.25, 0.3) is 0 Å². The van der Waals surface area contributed by atoms with E-state index in [4.69, 9.17) is 5.73 Å². The van der Waals surface area contributed by atoms with Crippen LogP contribution in [0.4, 0.5) is 5.69 Å². The summed E-state index contributed by atoms with van der Waals surface area (Å²) in [5.74, 6) is 0.915. The first-order valence-electron chi connectivity index (χ1n) is 12.3. The minimum atomic E-state index is -0.0471. The molecule has 3 aromatic carbocycles. The number of amides is 1. The van der Waals surface area contributed by atoms with E-state index in [2.05, 4.69) is 93.6 Å². The number of anilines is 1. The third kappa shape index (κ3) is 5.36. The van der Waals surface area contributed by atoms with Gasteiger partial charge in [0.05, 0.1) is 0 Å². The van der Waals surface area contributed by atoms with Crippen LogP contribution in [0, 0.1) is 11.8 Å². The highest BCUT2D eigenvalue weighted by Gasteiger charge is 2.46. The van der Waals surface area contributed by atoms with Crippen molar-refractivity contribution in [3.8, 4) is 11.1 Å². The number of aryl methyl sites for hydroxylation is 1. The lowest BCUT2D eigenvalue weighted by molar-refractivity contribution is -0.120. The second-order valence-corrected chi connectivity index (χ2v) is 9.45. The first-order chi connectivity index (χ1) is 16.0. The number of nitrogens with zero attached hydrogens (tertiary/aromatic N) is 1. The molecule has 172 valence electrons. The molecular weight excluding hydrogens is 404 g/mol. The van der Waals surface area contributed by atoms with Gasteiger partial charge in [-0.05, 0) is 59.1 Å². The second kappa shape index (κ2) is 10.4. The Labute approximate surface area is 198 Å². The Morgan fingerprint density at radius 3 is 2.12 bits per heavy atom. The summed E-state index contributed by atoms with van der Waals surface area (Å²) in [6.45, 7) is 7.04. The maximum absolute atomic E-state index is 13.6. The van der Waals surface area contributed by atoms with Crippen molar-refractivity contribution in [3.05, 3.63) is 90.0 Å². The Hall–Kier alpha value is -2.91. The van der Waals surface area contributed by atoms with Crippen LogP contribution in [-0.4, -0.2) is 18.5 Å². The Morgan fingerprint density at radius 1 is 0.939 bits per heavy atom. The van der Waals surface area contributed by atoms with Crippen LogP contribution in [-0.2, 0) is 11.2 Å². The van der Waals surface area contributed by atoms with E-state index in [0.717, 1.165) is 30.5 Å². The molecule has 1 aliphatic rings. The van der Waals surface area contributed by atoms with E-state index in [1.165, 1.54) is 16.7 Å². The maximum atomic E-state index is 13.6. The zero-order chi connectivity index (χ0) is 23.4. The van der Waals surface area contributed by atoms with Crippen molar-refractivity contribution < 1.29 is 4.79 Å². The summed E-state index contributed by atoms with van der Waals surface area (Å²) in [6.07, 6.45) is 2.96. The number of carbonyl (C=O) groups is 1. The molecule has 1 fully saturated rings. The summed E-state index contributed by atoms with van der Waals surface area (Å²) in [4.78, 5) is 15.6. The highest BCUT2D eigenvalue weighted by molar-refractivity contribution is 5.97. The van der Waals surface area contributed by atoms with Gasteiger partial charge in [-0.1, -0.05) is 93.9 Å². The van der Waals surface area contributed by atoms with Gasteiger partial charge >= 0.3 is 0 Å². The zero-order valence-corrected chi connectivity index (χ0v) is 20.1. The number of rotatable bonds is 9. The minimum absolute atomic E-state index is 0.0396. The van der Waals surface area contributed by atoms with E-state index in [-0.39, 0.29) is 17.9 Å². The van der Waals surface area contributed by atoms with Gasteiger partial charge in [0.15, 0.2) is 0 Å². The van der Waals surface area contributed by atoms with E-state index in [9.17, 15) is 4.79 Å². The van der Waals surface area contributed by atoms with E-state index in [1.807, 2.05) is 11.0 Å². The average Bonchev–Trinajstić information content (AvgIpc) is 3.68. The number of carbonyl (C=O) groups excluding carboxylic acids is 1. The van der Waals surface area contributed by atoms with Crippen LogP contribution in [0.25, 0.3) is 11.1 Å². The smallest absolute Gasteiger partial charge is 0.230 e. The Bertz CT molecular complexity index is 1040. The van der Waals surface area contributed by atoms with Crippen LogP contribution < -0.4 is 10.6 Å². The normalized spacial score (nSPS) is 19.0. The summed E-state index contributed by atoms with van der Waals surface area (Å²) in [7, 11) is 0. The van der Waals surface area contributed by atoms with Crippen molar-refractivity contribution in [1.82, 2.24) is 0 Å². The molecule has 1 amide bonds. The molecule has 0 radical (unpaired) electrons. The number of benzene rings is 3. The monoisotopic (exact) mass is 440 g/mol. The topological polar surface area (TPSA) is 46.3 Å². The van der Waals surface area contributed by atoms with Crippen molar-refractivity contribution in [1.29, 1.82) is 0 Å². The van der Waals surface area contributed by atoms with Crippen molar-refractivity contribution in [3.63, 3.8) is 0 Å². The molecule has 0 saturated heterocycles. The molecule has 4 atom stereocenters. The molecule has 0 bridgehead atoms. The molecule has 0 aliphatic heterocycles. The second-order valence-electron chi connectivity index (χ2n) is 9.45. The fourth-order valence-electron chi connectivity index (χ4n) is 4.52. The molecule has 33 heavy (non-hydrogen) atoms. The summed E-state index contributed by atoms with van der Waals surface area (Å²) < 4.78 is 0. The Kier molecular flexibility index (Phi) is 7.29. The first kappa shape index (κ1) is 23.3. The lowest BCUT2D eigenvalue weighted by Crippen LogP contribution is -2.45. The van der Waals surface area contributed by atoms with Gasteiger partial charge in [0.2, 0.25) is 5.91 Å². The fourth-order valence-corrected chi connectivity index (χ4v) is 4.52. The number of nitrogens with two attached hydrogens (primary N) is 1. The number of hydrogen-bond acceptors (Lipinski definition) is 2. The molecule has 0 heterocycles. The molecule has 0 spiro atoms. The summed E-state index contributed by atoms with van der Waals surface area (Å²) >= 11 is 0. The molecule has 3 nitrogen and oxygen atoms in total. The van der Waals surface area contributed by atoms with Crippen LogP contribution >= 0.6 is 0 Å². The van der Waals surface area contributed by atoms with Crippen LogP contribution in [0.1, 0.15) is 50.7 Å². The van der Waals surface area contributed by atoms with Crippen LogP contribution in [0.15, 0.2) is 78.9 Å². The summed E-state index contributed by atoms with van der Waals surface area (Å²) in [5, 5.41) is 0. The van der Waals surface area contributed by atoms with Crippen LogP contribution in [0.5, 0.6) is 0 Å². The van der Waals surface area contributed by atoms with Crippen molar-refractivity contribution in [2.45, 2.75) is 52.0 Å². The SMILES string of the molecule is CCc1ccc(-c2ccc(N(C[C@@H](N)[C@@H](C)CC)C(=O)[C@@H]3C[C@H]3c3ccccc3)cc2)cc1. The fraction of sp³-hybridized carbons (Fsp3) is 0.367. The summed E-state index contributed by atoms with van der Waals surface area (Å²) in [5.41, 5.74) is 12.4. The van der Waals surface area contributed by atoms with Crippen molar-refractivity contribution >= 4 is 11.6 Å². The Balaban J connectivity index is 1.55. The lowest BCUT2D eigenvalue weighted by atomic mass is 9.98. The van der Waals surface area contributed by atoms with Gasteiger partial charge < -0.3 is 10.6 Å². The van der Waals surface area contributed by atoms with Gasteiger partial charge in [-0.15, -0.1) is 0 Å². The quantitative estimate of drug-likeness (QED) is 0.417. The van der Waals surface area contributed by atoms with Gasteiger partial charge in [0.1, 0.15) is 0 Å². The summed E-state index contributed by atoms with van der Waals surface area (Å²) in [6, 6.07) is 27.4. The minimum Gasteiger partial charge on any atom is -0.326 e. The zero-order valence-electron chi connectivity index (χ0n) is 20.1. The average molecular weight is 441 g/mol. The Morgan fingerprint density at radius 2 is 1.55 bits per heavy atom. The molecule has 3 heteroatoms. The molecule has 4 rings (SSSR count). The highest BCUT2D eigenvalue weighted by atomic mass is 16.2. The van der Waals surface area contributed by atoms with Crippen molar-refractivity contribution in [2.75, 3.05) is 11.4 Å². The standard InChI is InChI=1S/C30H36N2O/c1-4-21(3)29(31)20-32(30(33)28-19-27(28)25-9-7-6-8-10-25)26-17-15-24(16-18-26)23-13-11-22(5-2)12-14-23/h6-18,21,27-29H,4-5,19-20,31H2,1-3H3/t21-,27-,28+,29+/m0/s1. The third-order valence-corrected chi connectivity index (χ3v) is 7.24. The van der Waals surface area contributed by atoms with E-state index < -0.39 is 0 Å². The molecule has 3 aromatic rings. The molecule has 2 N–H and O–H groups in total. The maximum Gasteiger partial charge on any atom is 0.230 e. The molecule has 1 aliphatic carbocycles. The highest BCUT2D eigenvalue weighted by Crippen LogP contribution is 2.49. The van der Waals surface area contributed by atoms with E-state index >= 15 is 0 Å². The third-order valence-electron chi connectivity index (χ3n) is 7.24. The number of hydrogen-bond donors (Lipinski definition) is 1. The van der Waals surface area contributed by atoms with Gasteiger partial charge in [-0.2, -0.15) is 0 Å². The van der Waals surface area contributed by atoms with E-state index in [0.29, 0.717) is 18.4 Å². The predicted octanol–water partition coefficient (Wildman–Crippen LogP) is 6.43. The van der Waals surface area contributed by atoms with Crippen LogP contribution in [0.3, 0.4) is 0 Å². The molecular formula is C30H36N2O. The molecule has 0 unspecified atom stereocenters. The van der Waals surface area contributed by atoms with Crippen molar-refractivity contribution in [2.24, 2.45) is 17.6 Å². The largest absolute Gasteiger partial charge is 0.326 e. The first-order valence-corrected chi connectivity index (χ1v) is 12.3. The van der Waals surface area contributed by atoms with Gasteiger partial charge in [-0.3, -0.25) is 4.79 Å². The molecule has 1 saturated carbocycles. The van der Waals surface area contributed by atoms with Gasteiger partial charge in [-0.25, -0.2) is 0 Å².